The summed E-state index contributed by atoms with van der Waals surface area (Å²) in [6, 6.07) is 13.4. The van der Waals surface area contributed by atoms with Gasteiger partial charge in [0.25, 0.3) is 5.91 Å². The molecule has 2 aromatic heterocycles. The van der Waals surface area contributed by atoms with E-state index in [1.54, 1.807) is 11.3 Å². The molecule has 0 saturated carbocycles. The number of fused-ring (bicyclic) bond motifs is 3. The fourth-order valence-corrected chi connectivity index (χ4v) is 6.95. The van der Waals surface area contributed by atoms with E-state index in [2.05, 4.69) is 62.1 Å². The summed E-state index contributed by atoms with van der Waals surface area (Å²) in [7, 11) is 0. The lowest BCUT2D eigenvalue weighted by molar-refractivity contribution is 0.0731. The molecule has 1 atom stereocenters. The number of aryl methyl sites for hydroxylation is 4. The minimum atomic E-state index is 0.202. The molecule has 0 radical (unpaired) electrons. The first-order valence-corrected chi connectivity index (χ1v) is 12.0. The summed E-state index contributed by atoms with van der Waals surface area (Å²) in [6.45, 7) is 8.97. The molecule has 1 aromatic carbocycles. The number of carbonyl (C=O) groups is 1. The number of hydrogen-bond donors (Lipinski definition) is 0. The van der Waals surface area contributed by atoms with Crippen molar-refractivity contribution in [2.75, 3.05) is 24.5 Å². The Morgan fingerprint density at radius 3 is 2.72 bits per heavy atom. The number of rotatable bonds is 2. The average molecular weight is 423 g/mol. The van der Waals surface area contributed by atoms with Crippen LogP contribution in [0.25, 0.3) is 10.4 Å². The van der Waals surface area contributed by atoms with Crippen molar-refractivity contribution in [3.8, 4) is 10.4 Å². The van der Waals surface area contributed by atoms with Crippen LogP contribution in [0.15, 0.2) is 36.4 Å². The Morgan fingerprint density at radius 2 is 1.93 bits per heavy atom. The van der Waals surface area contributed by atoms with Crippen molar-refractivity contribution in [1.29, 1.82) is 0 Å². The van der Waals surface area contributed by atoms with Crippen LogP contribution in [0.1, 0.15) is 37.5 Å². The van der Waals surface area contributed by atoms with E-state index < -0.39 is 0 Å². The van der Waals surface area contributed by atoms with Gasteiger partial charge in [0, 0.05) is 51.6 Å². The third-order valence-electron chi connectivity index (χ3n) is 6.07. The number of benzene rings is 1. The molecule has 29 heavy (non-hydrogen) atoms. The second kappa shape index (κ2) is 7.29. The predicted molar refractivity (Wildman–Crippen MR) is 124 cm³/mol. The molecular weight excluding hydrogens is 396 g/mol. The number of piperazine rings is 1. The number of hydrogen-bond acceptors (Lipinski definition) is 4. The number of thiophene rings is 2. The lowest BCUT2D eigenvalue weighted by Crippen LogP contribution is -2.53. The first kappa shape index (κ1) is 18.9. The van der Waals surface area contributed by atoms with Gasteiger partial charge >= 0.3 is 0 Å². The molecule has 5 rings (SSSR count). The fourth-order valence-electron chi connectivity index (χ4n) is 4.62. The smallest absolute Gasteiger partial charge is 0.264 e. The zero-order valence-corrected chi connectivity index (χ0v) is 18.8. The van der Waals surface area contributed by atoms with Gasteiger partial charge in [-0.2, -0.15) is 0 Å². The third kappa shape index (κ3) is 3.40. The lowest BCUT2D eigenvalue weighted by Gasteiger charge is -2.41. The Morgan fingerprint density at radius 1 is 1.07 bits per heavy atom. The summed E-state index contributed by atoms with van der Waals surface area (Å²) < 4.78 is 0. The maximum absolute atomic E-state index is 13.3. The Balaban J connectivity index is 1.34. The van der Waals surface area contributed by atoms with E-state index in [1.165, 1.54) is 37.0 Å². The molecule has 0 spiro atoms. The summed E-state index contributed by atoms with van der Waals surface area (Å²) >= 11 is 3.60. The van der Waals surface area contributed by atoms with Crippen LogP contribution in [0.2, 0.25) is 0 Å². The molecule has 1 amide bonds. The highest BCUT2D eigenvalue weighted by atomic mass is 32.1. The van der Waals surface area contributed by atoms with E-state index >= 15 is 0 Å². The second-order valence-corrected chi connectivity index (χ2v) is 10.7. The molecule has 2 aliphatic rings. The minimum Gasteiger partial charge on any atom is -0.365 e. The van der Waals surface area contributed by atoms with E-state index in [0.717, 1.165) is 37.4 Å². The highest BCUT2D eigenvalue weighted by Gasteiger charge is 2.30. The Kier molecular flexibility index (Phi) is 4.75. The topological polar surface area (TPSA) is 23.6 Å². The van der Waals surface area contributed by atoms with Gasteiger partial charge in [0.1, 0.15) is 0 Å². The maximum Gasteiger partial charge on any atom is 0.264 e. The van der Waals surface area contributed by atoms with Crippen LogP contribution >= 0.6 is 22.7 Å². The van der Waals surface area contributed by atoms with Crippen molar-refractivity contribution in [3.63, 3.8) is 0 Å². The van der Waals surface area contributed by atoms with Gasteiger partial charge < -0.3 is 9.80 Å². The molecule has 0 N–H and O–H groups in total. The fraction of sp³-hybridized carbons (Fsp3) is 0.375. The number of nitrogens with zero attached hydrogens (tertiary/aromatic N) is 2. The molecule has 0 unspecified atom stereocenters. The van der Waals surface area contributed by atoms with Gasteiger partial charge in [-0.3, -0.25) is 4.79 Å². The first-order chi connectivity index (χ1) is 14.0. The van der Waals surface area contributed by atoms with Crippen molar-refractivity contribution < 1.29 is 4.79 Å². The minimum absolute atomic E-state index is 0.202. The molecule has 1 aliphatic carbocycles. The average Bonchev–Trinajstić information content (AvgIpc) is 3.29. The summed E-state index contributed by atoms with van der Waals surface area (Å²) in [6.07, 6.45) is 2.17. The van der Waals surface area contributed by atoms with Crippen molar-refractivity contribution in [1.82, 2.24) is 4.90 Å². The zero-order valence-electron chi connectivity index (χ0n) is 17.2. The molecule has 3 nitrogen and oxygen atoms in total. The van der Waals surface area contributed by atoms with Crippen LogP contribution in [0, 0.1) is 13.8 Å². The molecule has 5 heteroatoms. The SMILES string of the molecule is Cc1cccc(N2CCN(C(=O)c3cc4c(s3)-c3cc(C)sc3CC4)C[C@H]2C)c1. The van der Waals surface area contributed by atoms with Crippen LogP contribution in [-0.4, -0.2) is 36.5 Å². The Bertz CT molecular complexity index is 1080. The molecule has 3 aromatic rings. The van der Waals surface area contributed by atoms with Gasteiger partial charge in [0.15, 0.2) is 0 Å². The van der Waals surface area contributed by atoms with Crippen LogP contribution in [0.5, 0.6) is 0 Å². The third-order valence-corrected chi connectivity index (χ3v) is 8.37. The van der Waals surface area contributed by atoms with E-state index in [0.29, 0.717) is 6.04 Å². The highest BCUT2D eigenvalue weighted by Crippen LogP contribution is 2.43. The zero-order chi connectivity index (χ0) is 20.1. The quantitative estimate of drug-likeness (QED) is 0.541. The summed E-state index contributed by atoms with van der Waals surface area (Å²) in [5.74, 6) is 0.202. The largest absolute Gasteiger partial charge is 0.365 e. The van der Waals surface area contributed by atoms with Crippen molar-refractivity contribution in [3.05, 3.63) is 62.2 Å². The second-order valence-electron chi connectivity index (χ2n) is 8.29. The van der Waals surface area contributed by atoms with E-state index in [1.807, 2.05) is 16.2 Å². The van der Waals surface area contributed by atoms with Crippen LogP contribution in [-0.2, 0) is 12.8 Å². The molecule has 1 saturated heterocycles. The van der Waals surface area contributed by atoms with Crippen molar-refractivity contribution in [2.45, 2.75) is 39.7 Å². The van der Waals surface area contributed by atoms with Gasteiger partial charge in [0.05, 0.1) is 4.88 Å². The molecular formula is C24H26N2OS2. The first-order valence-electron chi connectivity index (χ1n) is 10.3. The van der Waals surface area contributed by atoms with Gasteiger partial charge in [-0.25, -0.2) is 0 Å². The molecule has 1 fully saturated rings. The molecule has 1 aliphatic heterocycles. The van der Waals surface area contributed by atoms with Gasteiger partial charge in [-0.15, -0.1) is 22.7 Å². The van der Waals surface area contributed by atoms with Crippen LogP contribution in [0.3, 0.4) is 0 Å². The molecule has 0 bridgehead atoms. The van der Waals surface area contributed by atoms with E-state index in [4.69, 9.17) is 0 Å². The number of amides is 1. The predicted octanol–water partition coefficient (Wildman–Crippen LogP) is 5.54. The Labute approximate surface area is 180 Å². The highest BCUT2D eigenvalue weighted by molar-refractivity contribution is 7.18. The number of anilines is 1. The van der Waals surface area contributed by atoms with Crippen LogP contribution < -0.4 is 4.90 Å². The van der Waals surface area contributed by atoms with Gasteiger partial charge in [0.2, 0.25) is 0 Å². The normalized spacial score (nSPS) is 18.5. The number of carbonyl (C=O) groups excluding carboxylic acids is 1. The lowest BCUT2D eigenvalue weighted by atomic mass is 9.98. The van der Waals surface area contributed by atoms with E-state index in [9.17, 15) is 4.79 Å². The molecule has 150 valence electrons. The summed E-state index contributed by atoms with van der Waals surface area (Å²) in [5.41, 5.74) is 5.27. The van der Waals surface area contributed by atoms with Crippen molar-refractivity contribution >= 4 is 34.3 Å². The monoisotopic (exact) mass is 422 g/mol. The Hall–Kier alpha value is -2.11. The van der Waals surface area contributed by atoms with Crippen molar-refractivity contribution in [2.24, 2.45) is 0 Å². The summed E-state index contributed by atoms with van der Waals surface area (Å²) in [5, 5.41) is 0. The van der Waals surface area contributed by atoms with Gasteiger partial charge in [-0.05, 0) is 69.0 Å². The van der Waals surface area contributed by atoms with Crippen LogP contribution in [0.4, 0.5) is 5.69 Å². The standard InChI is InChI=1S/C24H26N2OS2/c1-15-5-4-6-19(11-15)26-10-9-25(14-16(26)2)24(27)22-13-18-7-8-21-20(23(18)29-22)12-17(3)28-21/h4-6,11-13,16H,7-10,14H2,1-3H3/t16-/m1/s1. The summed E-state index contributed by atoms with van der Waals surface area (Å²) in [4.78, 5) is 22.9. The maximum atomic E-state index is 13.3. The molecule has 3 heterocycles. The van der Waals surface area contributed by atoms with E-state index in [-0.39, 0.29) is 5.91 Å². The van der Waals surface area contributed by atoms with Gasteiger partial charge in [-0.1, -0.05) is 12.1 Å².